The van der Waals surface area contributed by atoms with E-state index < -0.39 is 0 Å². The van der Waals surface area contributed by atoms with Crippen molar-refractivity contribution in [1.82, 2.24) is 5.32 Å². The molecule has 0 amide bonds. The van der Waals surface area contributed by atoms with Gasteiger partial charge >= 0.3 is 5.97 Å². The Bertz CT molecular complexity index is 560. The van der Waals surface area contributed by atoms with Gasteiger partial charge in [-0.15, -0.1) is 0 Å². The van der Waals surface area contributed by atoms with Crippen molar-refractivity contribution in [2.75, 3.05) is 45.3 Å². The highest BCUT2D eigenvalue weighted by Crippen LogP contribution is 2.09. The SMILES string of the molecule is COC(=O)CCCCCNC(=S)Nc1ccc(C[NH+]2CCOCC2)cc1. The summed E-state index contributed by atoms with van der Waals surface area (Å²) in [6.45, 7) is 5.71. The number of thiocarbonyl (C=S) groups is 1. The molecule has 0 radical (unpaired) electrons. The second kappa shape index (κ2) is 11.8. The van der Waals surface area contributed by atoms with Crippen molar-refractivity contribution in [3.05, 3.63) is 29.8 Å². The molecule has 0 saturated carbocycles. The lowest BCUT2D eigenvalue weighted by Crippen LogP contribution is -3.12. The molecule has 7 heteroatoms. The van der Waals surface area contributed by atoms with Crippen molar-refractivity contribution in [2.24, 2.45) is 0 Å². The number of benzene rings is 1. The maximum Gasteiger partial charge on any atom is 0.305 e. The molecule has 1 saturated heterocycles. The molecule has 0 spiro atoms. The third-order valence-electron chi connectivity index (χ3n) is 4.44. The van der Waals surface area contributed by atoms with Crippen molar-refractivity contribution in [1.29, 1.82) is 0 Å². The molecule has 26 heavy (non-hydrogen) atoms. The first kappa shape index (κ1) is 20.6. The lowest BCUT2D eigenvalue weighted by Gasteiger charge is -2.23. The fraction of sp³-hybridized carbons (Fsp3) is 0.579. The van der Waals surface area contributed by atoms with Crippen LogP contribution in [-0.2, 0) is 20.8 Å². The number of anilines is 1. The number of carbonyl (C=O) groups excluding carboxylic acids is 1. The number of esters is 1. The molecule has 144 valence electrons. The maximum atomic E-state index is 11.0. The molecule has 0 aliphatic carbocycles. The number of rotatable bonds is 9. The molecule has 0 unspecified atom stereocenters. The standard InChI is InChI=1S/C19H29N3O3S/c1-24-18(23)5-3-2-4-10-20-19(26)21-17-8-6-16(7-9-17)15-22-11-13-25-14-12-22/h6-9H,2-5,10-15H2,1H3,(H2,20,21,26)/p+1. The second-order valence-electron chi connectivity index (χ2n) is 6.50. The van der Waals surface area contributed by atoms with Gasteiger partial charge in [0.2, 0.25) is 0 Å². The number of hydrogen-bond donors (Lipinski definition) is 3. The third-order valence-corrected chi connectivity index (χ3v) is 4.68. The molecule has 1 aliphatic rings. The summed E-state index contributed by atoms with van der Waals surface area (Å²) in [4.78, 5) is 12.6. The summed E-state index contributed by atoms with van der Waals surface area (Å²) in [6.07, 6.45) is 3.28. The van der Waals surface area contributed by atoms with E-state index in [0.29, 0.717) is 11.5 Å². The molecule has 1 fully saturated rings. The first-order valence-electron chi connectivity index (χ1n) is 9.29. The molecule has 1 aliphatic heterocycles. The van der Waals surface area contributed by atoms with E-state index in [0.717, 1.165) is 64.3 Å². The first-order chi connectivity index (χ1) is 12.7. The zero-order valence-corrected chi connectivity index (χ0v) is 16.3. The van der Waals surface area contributed by atoms with Gasteiger partial charge in [-0.1, -0.05) is 18.6 Å². The van der Waals surface area contributed by atoms with Crippen LogP contribution in [0.25, 0.3) is 0 Å². The topological polar surface area (TPSA) is 64.0 Å². The zero-order chi connectivity index (χ0) is 18.6. The lowest BCUT2D eigenvalue weighted by molar-refractivity contribution is -0.921. The number of carbonyl (C=O) groups is 1. The van der Waals surface area contributed by atoms with Crippen molar-refractivity contribution in [3.8, 4) is 0 Å². The minimum absolute atomic E-state index is 0.145. The van der Waals surface area contributed by atoms with Crippen molar-refractivity contribution in [2.45, 2.75) is 32.2 Å². The smallest absolute Gasteiger partial charge is 0.305 e. The van der Waals surface area contributed by atoms with Gasteiger partial charge in [-0.3, -0.25) is 4.79 Å². The van der Waals surface area contributed by atoms with Crippen molar-refractivity contribution >= 4 is 29.0 Å². The van der Waals surface area contributed by atoms with Gasteiger partial charge < -0.3 is 25.0 Å². The molecule has 0 aromatic heterocycles. The molecule has 0 atom stereocenters. The zero-order valence-electron chi connectivity index (χ0n) is 15.5. The Labute approximate surface area is 161 Å². The number of hydrogen-bond acceptors (Lipinski definition) is 4. The van der Waals surface area contributed by atoms with E-state index in [1.54, 1.807) is 4.90 Å². The average Bonchev–Trinajstić information content (AvgIpc) is 2.66. The summed E-state index contributed by atoms with van der Waals surface area (Å²) < 4.78 is 10.0. The van der Waals surface area contributed by atoms with E-state index in [-0.39, 0.29) is 5.97 Å². The highest BCUT2D eigenvalue weighted by molar-refractivity contribution is 7.80. The summed E-state index contributed by atoms with van der Waals surface area (Å²) in [5.41, 5.74) is 2.32. The Morgan fingerprint density at radius 3 is 2.62 bits per heavy atom. The van der Waals surface area contributed by atoms with Gasteiger partial charge in [0, 0.05) is 24.2 Å². The van der Waals surface area contributed by atoms with Crippen LogP contribution in [0.2, 0.25) is 0 Å². The van der Waals surface area contributed by atoms with Crippen LogP contribution < -0.4 is 15.5 Å². The molecular weight excluding hydrogens is 350 g/mol. The monoisotopic (exact) mass is 380 g/mol. The number of unbranched alkanes of at least 4 members (excludes halogenated alkanes) is 2. The van der Waals surface area contributed by atoms with Gasteiger partial charge in [-0.2, -0.15) is 0 Å². The van der Waals surface area contributed by atoms with Crippen molar-refractivity contribution in [3.63, 3.8) is 0 Å². The number of morpholine rings is 1. The molecule has 2 rings (SSSR count). The van der Waals surface area contributed by atoms with Gasteiger partial charge in [-0.05, 0) is 37.2 Å². The minimum Gasteiger partial charge on any atom is -0.469 e. The Balaban J connectivity index is 1.60. The third kappa shape index (κ3) is 8.12. The minimum atomic E-state index is -0.145. The van der Waals surface area contributed by atoms with Gasteiger partial charge in [0.05, 0.1) is 20.3 Å². The van der Waals surface area contributed by atoms with E-state index in [1.807, 2.05) is 0 Å². The quantitative estimate of drug-likeness (QED) is 0.339. The number of methoxy groups -OCH3 is 1. The van der Waals surface area contributed by atoms with Crippen LogP contribution >= 0.6 is 12.2 Å². The van der Waals surface area contributed by atoms with Crippen LogP contribution in [0.3, 0.4) is 0 Å². The molecular formula is C19H30N3O3S+. The van der Waals surface area contributed by atoms with E-state index >= 15 is 0 Å². The summed E-state index contributed by atoms with van der Waals surface area (Å²) in [6, 6.07) is 8.44. The van der Waals surface area contributed by atoms with Crippen LogP contribution in [0, 0.1) is 0 Å². The Morgan fingerprint density at radius 1 is 1.19 bits per heavy atom. The fourth-order valence-electron chi connectivity index (χ4n) is 2.88. The predicted octanol–water partition coefficient (Wildman–Crippen LogP) is 1.12. The molecule has 6 nitrogen and oxygen atoms in total. The van der Waals surface area contributed by atoms with Crippen LogP contribution in [0.4, 0.5) is 5.69 Å². The number of ether oxygens (including phenoxy) is 2. The molecule has 1 aromatic carbocycles. The van der Waals surface area contributed by atoms with E-state index in [9.17, 15) is 4.79 Å². The molecule has 0 bridgehead atoms. The fourth-order valence-corrected chi connectivity index (χ4v) is 3.10. The average molecular weight is 381 g/mol. The van der Waals surface area contributed by atoms with Crippen LogP contribution in [0.1, 0.15) is 31.2 Å². The predicted molar refractivity (Wildman–Crippen MR) is 106 cm³/mol. The van der Waals surface area contributed by atoms with Gasteiger partial charge in [0.1, 0.15) is 19.6 Å². The van der Waals surface area contributed by atoms with E-state index in [4.69, 9.17) is 17.0 Å². The second-order valence-corrected chi connectivity index (χ2v) is 6.91. The molecule has 1 aromatic rings. The van der Waals surface area contributed by atoms with E-state index in [1.165, 1.54) is 12.7 Å². The van der Waals surface area contributed by atoms with Crippen LogP contribution in [0.5, 0.6) is 0 Å². The van der Waals surface area contributed by atoms with E-state index in [2.05, 4.69) is 39.6 Å². The molecule has 3 N–H and O–H groups in total. The number of nitrogens with one attached hydrogen (secondary N) is 3. The van der Waals surface area contributed by atoms with Gasteiger partial charge in [-0.25, -0.2) is 0 Å². The largest absolute Gasteiger partial charge is 0.469 e. The highest BCUT2D eigenvalue weighted by atomic mass is 32.1. The summed E-state index contributed by atoms with van der Waals surface area (Å²) in [5.74, 6) is -0.145. The van der Waals surface area contributed by atoms with Crippen molar-refractivity contribution < 1.29 is 19.2 Å². The van der Waals surface area contributed by atoms with Crippen LogP contribution in [-0.4, -0.2) is 51.0 Å². The first-order valence-corrected chi connectivity index (χ1v) is 9.70. The highest BCUT2D eigenvalue weighted by Gasteiger charge is 2.13. The normalized spacial score (nSPS) is 14.7. The van der Waals surface area contributed by atoms with Crippen LogP contribution in [0.15, 0.2) is 24.3 Å². The summed E-state index contributed by atoms with van der Waals surface area (Å²) in [7, 11) is 1.42. The Morgan fingerprint density at radius 2 is 1.92 bits per heavy atom. The van der Waals surface area contributed by atoms with Gasteiger partial charge in [0.25, 0.3) is 0 Å². The Hall–Kier alpha value is -1.70. The lowest BCUT2D eigenvalue weighted by atomic mass is 10.2. The maximum absolute atomic E-state index is 11.0. The summed E-state index contributed by atoms with van der Waals surface area (Å²) in [5, 5.41) is 7.04. The molecule has 1 heterocycles. The number of quaternary nitrogens is 1. The van der Waals surface area contributed by atoms with Gasteiger partial charge in [0.15, 0.2) is 5.11 Å². The Kier molecular flexibility index (Phi) is 9.38. The summed E-state index contributed by atoms with van der Waals surface area (Å²) >= 11 is 5.32.